The molecular weight excluding hydrogens is 264 g/mol. The van der Waals surface area contributed by atoms with Crippen molar-refractivity contribution in [2.24, 2.45) is 5.92 Å². The van der Waals surface area contributed by atoms with Crippen molar-refractivity contribution < 1.29 is 9.90 Å². The van der Waals surface area contributed by atoms with Gasteiger partial charge in [0.2, 0.25) is 5.91 Å². The van der Waals surface area contributed by atoms with Gasteiger partial charge in [-0.3, -0.25) is 9.69 Å². The van der Waals surface area contributed by atoms with Crippen molar-refractivity contribution in [2.45, 2.75) is 32.6 Å². The van der Waals surface area contributed by atoms with Gasteiger partial charge in [0.05, 0.1) is 6.54 Å². The second-order valence-corrected chi connectivity index (χ2v) is 5.90. The van der Waals surface area contributed by atoms with Gasteiger partial charge in [0.25, 0.3) is 0 Å². The maximum Gasteiger partial charge on any atom is 0.238 e. The van der Waals surface area contributed by atoms with E-state index in [4.69, 9.17) is 5.11 Å². The molecule has 1 fully saturated rings. The summed E-state index contributed by atoms with van der Waals surface area (Å²) in [5, 5.41) is 11.9. The summed E-state index contributed by atoms with van der Waals surface area (Å²) in [5.41, 5.74) is 2.17. The number of carbonyl (C=O) groups excluding carboxylic acids is 1. The summed E-state index contributed by atoms with van der Waals surface area (Å²) in [6.45, 7) is 4.72. The summed E-state index contributed by atoms with van der Waals surface area (Å²) < 4.78 is 0. The van der Waals surface area contributed by atoms with Crippen LogP contribution in [0.15, 0.2) is 24.3 Å². The van der Waals surface area contributed by atoms with Crippen LogP contribution < -0.4 is 5.32 Å². The van der Waals surface area contributed by atoms with Crippen LogP contribution in [0.1, 0.15) is 31.7 Å². The lowest BCUT2D eigenvalue weighted by molar-refractivity contribution is -0.117. The van der Waals surface area contributed by atoms with Crippen LogP contribution in [0.5, 0.6) is 0 Å². The summed E-state index contributed by atoms with van der Waals surface area (Å²) in [4.78, 5) is 14.2. The first-order valence-corrected chi connectivity index (χ1v) is 7.93. The Bertz CT molecular complexity index is 445. The summed E-state index contributed by atoms with van der Waals surface area (Å²) in [7, 11) is 0. The number of rotatable bonds is 7. The number of amides is 1. The van der Waals surface area contributed by atoms with Crippen molar-refractivity contribution in [3.05, 3.63) is 29.8 Å². The topological polar surface area (TPSA) is 52.6 Å². The fraction of sp³-hybridized carbons (Fsp3) is 0.588. The summed E-state index contributed by atoms with van der Waals surface area (Å²) in [6.07, 6.45) is 4.14. The quantitative estimate of drug-likeness (QED) is 0.810. The zero-order valence-corrected chi connectivity index (χ0v) is 12.8. The molecule has 1 saturated heterocycles. The summed E-state index contributed by atoms with van der Waals surface area (Å²) in [5.74, 6) is 0.582. The lowest BCUT2D eigenvalue weighted by Gasteiger charge is -2.15. The molecule has 0 spiro atoms. The fourth-order valence-corrected chi connectivity index (χ4v) is 2.92. The van der Waals surface area contributed by atoms with Crippen LogP contribution in [0.4, 0.5) is 5.69 Å². The minimum absolute atomic E-state index is 0.0443. The van der Waals surface area contributed by atoms with Crippen LogP contribution >= 0.6 is 0 Å². The average Bonchev–Trinajstić information content (AvgIpc) is 2.89. The van der Waals surface area contributed by atoms with E-state index in [1.807, 2.05) is 12.1 Å². The van der Waals surface area contributed by atoms with Crippen molar-refractivity contribution in [3.8, 4) is 0 Å². The van der Waals surface area contributed by atoms with Gasteiger partial charge in [0.15, 0.2) is 0 Å². The van der Waals surface area contributed by atoms with Gasteiger partial charge in [0, 0.05) is 18.8 Å². The molecule has 1 aromatic rings. The molecule has 0 aliphatic carbocycles. The van der Waals surface area contributed by atoms with Crippen molar-refractivity contribution >= 4 is 11.6 Å². The Kier molecular flexibility index (Phi) is 6.21. The number of aliphatic hydroxyl groups is 1. The maximum atomic E-state index is 12.0. The van der Waals surface area contributed by atoms with E-state index in [0.717, 1.165) is 44.5 Å². The molecule has 0 bridgehead atoms. The largest absolute Gasteiger partial charge is 0.396 e. The first-order chi connectivity index (χ1) is 10.2. The van der Waals surface area contributed by atoms with Crippen LogP contribution in [0, 0.1) is 5.92 Å². The standard InChI is InChI=1S/C17H26N2O2/c1-2-3-14-4-6-16(7-5-14)18-17(21)13-19-10-8-15(12-19)9-11-20/h4-7,15,20H,2-3,8-13H2,1H3,(H,18,21). The number of anilines is 1. The molecule has 0 aromatic heterocycles. The van der Waals surface area contributed by atoms with E-state index >= 15 is 0 Å². The van der Waals surface area contributed by atoms with Crippen LogP contribution in [-0.2, 0) is 11.2 Å². The van der Waals surface area contributed by atoms with Gasteiger partial charge in [-0.2, -0.15) is 0 Å². The highest BCUT2D eigenvalue weighted by Gasteiger charge is 2.23. The molecule has 4 heteroatoms. The molecule has 0 radical (unpaired) electrons. The van der Waals surface area contributed by atoms with E-state index in [2.05, 4.69) is 29.3 Å². The number of carbonyl (C=O) groups is 1. The van der Waals surface area contributed by atoms with Gasteiger partial charge in [-0.05, 0) is 49.4 Å². The van der Waals surface area contributed by atoms with Crippen LogP contribution in [0.3, 0.4) is 0 Å². The first-order valence-electron chi connectivity index (χ1n) is 7.93. The molecule has 1 aromatic carbocycles. The van der Waals surface area contributed by atoms with Crippen molar-refractivity contribution in [1.82, 2.24) is 4.90 Å². The van der Waals surface area contributed by atoms with Crippen LogP contribution in [0.2, 0.25) is 0 Å². The number of hydrogen-bond acceptors (Lipinski definition) is 3. The highest BCUT2D eigenvalue weighted by Crippen LogP contribution is 2.19. The molecule has 1 unspecified atom stereocenters. The Morgan fingerprint density at radius 2 is 2.14 bits per heavy atom. The summed E-state index contributed by atoms with van der Waals surface area (Å²) in [6, 6.07) is 8.10. The number of likely N-dealkylation sites (tertiary alicyclic amines) is 1. The van der Waals surface area contributed by atoms with Gasteiger partial charge in [-0.25, -0.2) is 0 Å². The normalized spacial score (nSPS) is 18.9. The molecular formula is C17H26N2O2. The second kappa shape index (κ2) is 8.15. The Morgan fingerprint density at radius 3 is 2.81 bits per heavy atom. The van der Waals surface area contributed by atoms with Crippen LogP contribution in [0.25, 0.3) is 0 Å². The third-order valence-corrected chi connectivity index (χ3v) is 4.05. The van der Waals surface area contributed by atoms with Gasteiger partial charge < -0.3 is 10.4 Å². The van der Waals surface area contributed by atoms with Crippen molar-refractivity contribution in [1.29, 1.82) is 0 Å². The van der Waals surface area contributed by atoms with Gasteiger partial charge in [-0.1, -0.05) is 25.5 Å². The summed E-state index contributed by atoms with van der Waals surface area (Å²) >= 11 is 0. The molecule has 21 heavy (non-hydrogen) atoms. The highest BCUT2D eigenvalue weighted by molar-refractivity contribution is 5.92. The second-order valence-electron chi connectivity index (χ2n) is 5.90. The minimum Gasteiger partial charge on any atom is -0.396 e. The number of aliphatic hydroxyl groups excluding tert-OH is 1. The molecule has 1 aliphatic rings. The van der Waals surface area contributed by atoms with E-state index in [-0.39, 0.29) is 12.5 Å². The lowest BCUT2D eigenvalue weighted by Crippen LogP contribution is -2.31. The Morgan fingerprint density at radius 1 is 1.38 bits per heavy atom. The van der Waals surface area contributed by atoms with Gasteiger partial charge >= 0.3 is 0 Å². The zero-order chi connectivity index (χ0) is 15.1. The fourth-order valence-electron chi connectivity index (χ4n) is 2.92. The van der Waals surface area contributed by atoms with E-state index in [1.54, 1.807) is 0 Å². The minimum atomic E-state index is 0.0443. The van der Waals surface area contributed by atoms with Crippen molar-refractivity contribution in [3.63, 3.8) is 0 Å². The molecule has 116 valence electrons. The Balaban J connectivity index is 1.76. The van der Waals surface area contributed by atoms with Gasteiger partial charge in [0.1, 0.15) is 0 Å². The first kappa shape index (κ1) is 16.0. The van der Waals surface area contributed by atoms with Gasteiger partial charge in [-0.15, -0.1) is 0 Å². The zero-order valence-electron chi connectivity index (χ0n) is 12.8. The van der Waals surface area contributed by atoms with E-state index in [9.17, 15) is 4.79 Å². The predicted octanol–water partition coefficient (Wildman–Crippen LogP) is 2.28. The molecule has 0 saturated carbocycles. The molecule has 2 N–H and O–H groups in total. The van der Waals surface area contributed by atoms with E-state index in [0.29, 0.717) is 12.5 Å². The van der Waals surface area contributed by atoms with E-state index in [1.165, 1.54) is 5.56 Å². The molecule has 1 aliphatic heterocycles. The number of benzene rings is 1. The molecule has 4 nitrogen and oxygen atoms in total. The lowest BCUT2D eigenvalue weighted by atomic mass is 10.1. The maximum absolute atomic E-state index is 12.0. The monoisotopic (exact) mass is 290 g/mol. The smallest absolute Gasteiger partial charge is 0.238 e. The Hall–Kier alpha value is -1.39. The third kappa shape index (κ3) is 5.14. The Labute approximate surface area is 127 Å². The number of aryl methyl sites for hydroxylation is 1. The SMILES string of the molecule is CCCc1ccc(NC(=O)CN2CCC(CCO)C2)cc1. The van der Waals surface area contributed by atoms with Crippen molar-refractivity contribution in [2.75, 3.05) is 31.6 Å². The third-order valence-electron chi connectivity index (χ3n) is 4.05. The van der Waals surface area contributed by atoms with E-state index < -0.39 is 0 Å². The molecule has 1 atom stereocenters. The average molecular weight is 290 g/mol. The van der Waals surface area contributed by atoms with Crippen LogP contribution in [-0.4, -0.2) is 42.2 Å². The molecule has 1 amide bonds. The highest BCUT2D eigenvalue weighted by atomic mass is 16.3. The molecule has 1 heterocycles. The number of nitrogens with one attached hydrogen (secondary N) is 1. The number of nitrogens with zero attached hydrogens (tertiary/aromatic N) is 1. The molecule has 2 rings (SSSR count). The predicted molar refractivity (Wildman–Crippen MR) is 85.3 cm³/mol. The number of hydrogen-bond donors (Lipinski definition) is 2.